The van der Waals surface area contributed by atoms with E-state index in [1.165, 1.54) is 16.7 Å². The molecule has 0 aliphatic heterocycles. The van der Waals surface area contributed by atoms with Gasteiger partial charge in [0.05, 0.1) is 44.2 Å². The van der Waals surface area contributed by atoms with Crippen molar-refractivity contribution in [2.75, 3.05) is 6.61 Å². The normalized spacial score (nSPS) is 11.0. The van der Waals surface area contributed by atoms with Gasteiger partial charge in [-0.05, 0) is 90.1 Å². The summed E-state index contributed by atoms with van der Waals surface area (Å²) >= 11 is 0. The van der Waals surface area contributed by atoms with Crippen LogP contribution in [0.25, 0.3) is 0 Å². The van der Waals surface area contributed by atoms with Crippen LogP contribution in [-0.4, -0.2) is 31.0 Å². The molecule has 246 valence electrons. The van der Waals surface area contributed by atoms with Crippen molar-refractivity contribution in [3.63, 3.8) is 0 Å². The Labute approximate surface area is 274 Å². The molecule has 0 amide bonds. The summed E-state index contributed by atoms with van der Waals surface area (Å²) in [6, 6.07) is 40.7. The monoisotopic (exact) mass is 614 g/mol. The van der Waals surface area contributed by atoms with E-state index in [0.717, 1.165) is 38.4 Å². The first-order valence-corrected chi connectivity index (χ1v) is 16.4. The van der Waals surface area contributed by atoms with Gasteiger partial charge >= 0.3 is 0 Å². The highest BCUT2D eigenvalue weighted by Gasteiger charge is 1.98. The summed E-state index contributed by atoms with van der Waals surface area (Å²) in [6.45, 7) is 18.8. The SMILES string of the molecule is CC(C)OCCc1ccccc1.CC(C)OCc1ccccc1.CC(C)Oc1ccccc1.CCC(C)OCc1ccccc1. The second kappa shape index (κ2) is 25.8. The van der Waals surface area contributed by atoms with Gasteiger partial charge in [0.15, 0.2) is 0 Å². The number of benzene rings is 4. The molecule has 4 rings (SSSR count). The van der Waals surface area contributed by atoms with Crippen molar-refractivity contribution in [1.29, 1.82) is 0 Å². The Bertz CT molecular complexity index is 1160. The average Bonchev–Trinajstić information content (AvgIpc) is 3.05. The van der Waals surface area contributed by atoms with Gasteiger partial charge in [-0.25, -0.2) is 0 Å². The Morgan fingerprint density at radius 3 is 1.24 bits per heavy atom. The Morgan fingerprint density at radius 1 is 0.444 bits per heavy atom. The van der Waals surface area contributed by atoms with Crippen molar-refractivity contribution in [1.82, 2.24) is 0 Å². The molecule has 0 saturated carbocycles. The molecular formula is C41H58O4. The van der Waals surface area contributed by atoms with Crippen LogP contribution in [0.4, 0.5) is 0 Å². The lowest BCUT2D eigenvalue weighted by molar-refractivity contribution is 0.0508. The quantitative estimate of drug-likeness (QED) is 0.150. The van der Waals surface area contributed by atoms with Crippen LogP contribution in [0.2, 0.25) is 0 Å². The Kier molecular flexibility index (Phi) is 22.7. The zero-order chi connectivity index (χ0) is 33.1. The predicted molar refractivity (Wildman–Crippen MR) is 191 cm³/mol. The summed E-state index contributed by atoms with van der Waals surface area (Å²) in [5, 5.41) is 0. The van der Waals surface area contributed by atoms with Crippen LogP contribution >= 0.6 is 0 Å². The van der Waals surface area contributed by atoms with E-state index in [1.54, 1.807) is 0 Å². The number of rotatable bonds is 13. The van der Waals surface area contributed by atoms with Crippen LogP contribution in [0.15, 0.2) is 121 Å². The van der Waals surface area contributed by atoms with Crippen molar-refractivity contribution in [2.24, 2.45) is 0 Å². The molecule has 0 spiro atoms. The van der Waals surface area contributed by atoms with E-state index < -0.39 is 0 Å². The van der Waals surface area contributed by atoms with Crippen LogP contribution in [-0.2, 0) is 33.8 Å². The lowest BCUT2D eigenvalue weighted by Gasteiger charge is -2.09. The van der Waals surface area contributed by atoms with Gasteiger partial charge < -0.3 is 18.9 Å². The van der Waals surface area contributed by atoms with E-state index in [0.29, 0.717) is 18.3 Å². The molecule has 1 atom stereocenters. The molecule has 4 aromatic carbocycles. The molecule has 0 aliphatic carbocycles. The molecule has 0 heterocycles. The molecule has 0 saturated heterocycles. The number of ether oxygens (including phenoxy) is 4. The lowest BCUT2D eigenvalue weighted by atomic mass is 10.2. The molecular weight excluding hydrogens is 556 g/mol. The van der Waals surface area contributed by atoms with Gasteiger partial charge in [0.1, 0.15) is 5.75 Å². The third-order valence-corrected chi connectivity index (χ3v) is 6.18. The van der Waals surface area contributed by atoms with Crippen LogP contribution in [0.1, 0.15) is 78.5 Å². The van der Waals surface area contributed by atoms with Gasteiger partial charge in [0, 0.05) is 0 Å². The molecule has 45 heavy (non-hydrogen) atoms. The molecule has 0 fully saturated rings. The third kappa shape index (κ3) is 23.6. The minimum absolute atomic E-state index is 0.266. The average molecular weight is 615 g/mol. The zero-order valence-electron chi connectivity index (χ0n) is 29.0. The Morgan fingerprint density at radius 2 is 0.844 bits per heavy atom. The minimum atomic E-state index is 0.266. The first-order chi connectivity index (χ1) is 21.7. The summed E-state index contributed by atoms with van der Waals surface area (Å²) in [5.41, 5.74) is 3.83. The Balaban J connectivity index is 0.000000301. The maximum absolute atomic E-state index is 5.58. The zero-order valence-corrected chi connectivity index (χ0v) is 29.0. The topological polar surface area (TPSA) is 36.9 Å². The number of para-hydroxylation sites is 1. The molecule has 4 heteroatoms. The van der Waals surface area contributed by atoms with Crippen molar-refractivity contribution in [2.45, 2.75) is 106 Å². The summed E-state index contributed by atoms with van der Waals surface area (Å²) in [5.74, 6) is 0.942. The predicted octanol–water partition coefficient (Wildman–Crippen LogP) is 10.7. The summed E-state index contributed by atoms with van der Waals surface area (Å²) in [6.07, 6.45) is 3.38. The van der Waals surface area contributed by atoms with Crippen molar-refractivity contribution < 1.29 is 18.9 Å². The van der Waals surface area contributed by atoms with Crippen molar-refractivity contribution in [3.8, 4) is 5.75 Å². The number of hydrogen-bond donors (Lipinski definition) is 0. The Hall–Kier alpha value is -3.44. The maximum atomic E-state index is 5.58. The molecule has 1 unspecified atom stereocenters. The second-order valence-electron chi connectivity index (χ2n) is 11.5. The standard InChI is InChI=1S/2C11H16O.C10H14O.C9H12O/c1-10(2)12-9-8-11-6-4-3-5-7-11;1-3-10(2)12-9-11-7-5-4-6-8-11;1-9(2)11-8-10-6-4-3-5-7-10;1-8(2)10-9-6-4-3-5-7-9/h3-7,10H,8-9H2,1-2H3;4-8,10H,3,9H2,1-2H3;3-7,9H,8H2,1-2H3;3-8H,1-2H3. The van der Waals surface area contributed by atoms with Gasteiger partial charge in [0.25, 0.3) is 0 Å². The van der Waals surface area contributed by atoms with Crippen LogP contribution < -0.4 is 4.74 Å². The largest absolute Gasteiger partial charge is 0.491 e. The molecule has 0 aliphatic rings. The van der Waals surface area contributed by atoms with E-state index in [1.807, 2.05) is 100 Å². The van der Waals surface area contributed by atoms with Gasteiger partial charge in [-0.2, -0.15) is 0 Å². The maximum Gasteiger partial charge on any atom is 0.119 e. The molecule has 4 nitrogen and oxygen atoms in total. The third-order valence-electron chi connectivity index (χ3n) is 6.18. The van der Waals surface area contributed by atoms with Crippen LogP contribution in [0.5, 0.6) is 5.75 Å². The smallest absolute Gasteiger partial charge is 0.119 e. The van der Waals surface area contributed by atoms with Gasteiger partial charge in [-0.15, -0.1) is 0 Å². The van der Waals surface area contributed by atoms with E-state index in [9.17, 15) is 0 Å². The molecule has 0 bridgehead atoms. The van der Waals surface area contributed by atoms with Gasteiger partial charge in [0.2, 0.25) is 0 Å². The van der Waals surface area contributed by atoms with E-state index in [-0.39, 0.29) is 6.10 Å². The molecule has 0 N–H and O–H groups in total. The van der Waals surface area contributed by atoms with Gasteiger partial charge in [-0.1, -0.05) is 116 Å². The van der Waals surface area contributed by atoms with Crippen LogP contribution in [0, 0.1) is 0 Å². The first-order valence-electron chi connectivity index (χ1n) is 16.4. The fourth-order valence-corrected chi connectivity index (χ4v) is 3.60. The van der Waals surface area contributed by atoms with Crippen molar-refractivity contribution in [3.05, 3.63) is 138 Å². The van der Waals surface area contributed by atoms with E-state index in [4.69, 9.17) is 18.9 Å². The highest BCUT2D eigenvalue weighted by molar-refractivity contribution is 5.21. The summed E-state index contributed by atoms with van der Waals surface area (Å²) in [4.78, 5) is 0. The van der Waals surface area contributed by atoms with Crippen LogP contribution in [0.3, 0.4) is 0 Å². The van der Waals surface area contributed by atoms with E-state index in [2.05, 4.69) is 76.2 Å². The van der Waals surface area contributed by atoms with E-state index >= 15 is 0 Å². The summed E-state index contributed by atoms with van der Waals surface area (Å²) in [7, 11) is 0. The second-order valence-corrected chi connectivity index (χ2v) is 11.5. The number of hydrogen-bond acceptors (Lipinski definition) is 4. The fourth-order valence-electron chi connectivity index (χ4n) is 3.60. The van der Waals surface area contributed by atoms with Gasteiger partial charge in [-0.3, -0.25) is 0 Å². The highest BCUT2D eigenvalue weighted by atomic mass is 16.5. The molecule has 4 aromatic rings. The lowest BCUT2D eigenvalue weighted by Crippen LogP contribution is -2.05. The van der Waals surface area contributed by atoms with Crippen molar-refractivity contribution >= 4 is 0 Å². The fraction of sp³-hybridized carbons (Fsp3) is 0.415. The molecule has 0 aromatic heterocycles. The minimum Gasteiger partial charge on any atom is -0.491 e. The molecule has 0 radical (unpaired) electrons. The highest BCUT2D eigenvalue weighted by Crippen LogP contribution is 2.10. The first kappa shape index (κ1) is 39.6. The summed E-state index contributed by atoms with van der Waals surface area (Å²) < 4.78 is 21.9.